The number of nitro groups is 1. The molecule has 1 N–H and O–H groups in total. The van der Waals surface area contributed by atoms with Crippen LogP contribution in [0.25, 0.3) is 0 Å². The van der Waals surface area contributed by atoms with E-state index in [0.717, 1.165) is 42.2 Å². The number of imide groups is 1. The average Bonchev–Trinajstić information content (AvgIpc) is 2.83. The van der Waals surface area contributed by atoms with Gasteiger partial charge in [-0.1, -0.05) is 12.1 Å². The summed E-state index contributed by atoms with van der Waals surface area (Å²) in [6, 6.07) is 5.51. The van der Waals surface area contributed by atoms with Crippen molar-refractivity contribution in [3.05, 3.63) is 34.4 Å². The molecule has 0 saturated carbocycles. The summed E-state index contributed by atoms with van der Waals surface area (Å²) in [6.45, 7) is 1.77. The highest BCUT2D eigenvalue weighted by Crippen LogP contribution is 2.31. The summed E-state index contributed by atoms with van der Waals surface area (Å²) in [5.41, 5.74) is -0.125. The first-order valence-electron chi connectivity index (χ1n) is 7.54. The number of rotatable bonds is 3. The van der Waals surface area contributed by atoms with E-state index in [9.17, 15) is 19.7 Å². The number of benzene rings is 1. The minimum absolute atomic E-state index is 0.0846. The third-order valence-corrected chi connectivity index (χ3v) is 4.45. The quantitative estimate of drug-likeness (QED) is 0.494. The summed E-state index contributed by atoms with van der Waals surface area (Å²) in [4.78, 5) is 37.6. The third kappa shape index (κ3) is 2.48. The van der Waals surface area contributed by atoms with E-state index in [4.69, 9.17) is 0 Å². The number of anilines is 1. The van der Waals surface area contributed by atoms with Gasteiger partial charge in [0.2, 0.25) is 5.91 Å². The predicted octanol–water partition coefficient (Wildman–Crippen LogP) is 0.296. The number of carbonyl (C=O) groups is 2. The summed E-state index contributed by atoms with van der Waals surface area (Å²) < 4.78 is 0. The van der Waals surface area contributed by atoms with E-state index >= 15 is 0 Å². The zero-order valence-corrected chi connectivity index (χ0v) is 12.2. The van der Waals surface area contributed by atoms with Crippen molar-refractivity contribution in [1.29, 1.82) is 0 Å². The van der Waals surface area contributed by atoms with Crippen molar-refractivity contribution >= 4 is 23.2 Å². The molecule has 1 aromatic carbocycles. The standard InChI is InChI=1S/C15H17N3O4/c19-14-10-13(16-8-4-1-5-9-16)15(20)17(14)11-6-2-3-7-12(11)18(21)22/h2-3,6-7,13H,1,4-5,8-10H2/p+1/t13-/m1/s1. The van der Waals surface area contributed by atoms with E-state index in [1.165, 1.54) is 18.2 Å². The molecular weight excluding hydrogens is 286 g/mol. The van der Waals surface area contributed by atoms with Crippen molar-refractivity contribution in [2.24, 2.45) is 0 Å². The highest BCUT2D eigenvalue weighted by atomic mass is 16.6. The van der Waals surface area contributed by atoms with E-state index in [1.807, 2.05) is 0 Å². The lowest BCUT2D eigenvalue weighted by Gasteiger charge is -2.27. The minimum atomic E-state index is -0.559. The van der Waals surface area contributed by atoms with E-state index < -0.39 is 11.0 Å². The first kappa shape index (κ1) is 14.6. The Kier molecular flexibility index (Phi) is 3.89. The SMILES string of the molecule is O=C1C[C@@H]([NH+]2CCCCC2)C(=O)N1c1ccccc1[N+](=O)[O-]. The number of nitrogens with one attached hydrogen (secondary N) is 1. The van der Waals surface area contributed by atoms with Crippen molar-refractivity contribution in [3.63, 3.8) is 0 Å². The predicted molar refractivity (Wildman–Crippen MR) is 78.5 cm³/mol. The van der Waals surface area contributed by atoms with Gasteiger partial charge in [0.15, 0.2) is 6.04 Å². The van der Waals surface area contributed by atoms with Crippen LogP contribution < -0.4 is 9.80 Å². The molecule has 0 spiro atoms. The van der Waals surface area contributed by atoms with Gasteiger partial charge >= 0.3 is 0 Å². The van der Waals surface area contributed by atoms with Crippen LogP contribution in [0.5, 0.6) is 0 Å². The second kappa shape index (κ2) is 5.84. The van der Waals surface area contributed by atoms with Gasteiger partial charge in [-0.2, -0.15) is 0 Å². The largest absolute Gasteiger partial charge is 0.324 e. The van der Waals surface area contributed by atoms with Gasteiger partial charge in [-0.3, -0.25) is 19.7 Å². The topological polar surface area (TPSA) is 85.0 Å². The molecule has 116 valence electrons. The van der Waals surface area contributed by atoms with Crippen LogP contribution in [0.1, 0.15) is 25.7 Å². The lowest BCUT2D eigenvalue weighted by atomic mass is 10.1. The Morgan fingerprint density at radius 1 is 1.14 bits per heavy atom. The van der Waals surface area contributed by atoms with Crippen LogP contribution in [0.3, 0.4) is 0 Å². The van der Waals surface area contributed by atoms with E-state index in [-0.39, 0.29) is 29.6 Å². The van der Waals surface area contributed by atoms with E-state index in [1.54, 1.807) is 6.07 Å². The molecule has 0 radical (unpaired) electrons. The molecule has 2 saturated heterocycles. The normalized spacial score (nSPS) is 23.1. The molecule has 1 atom stereocenters. The molecule has 2 amide bonds. The molecule has 7 nitrogen and oxygen atoms in total. The second-order valence-corrected chi connectivity index (χ2v) is 5.79. The van der Waals surface area contributed by atoms with Gasteiger partial charge in [0.25, 0.3) is 11.6 Å². The zero-order valence-electron chi connectivity index (χ0n) is 12.2. The molecule has 2 fully saturated rings. The van der Waals surface area contributed by atoms with Gasteiger partial charge in [-0.25, -0.2) is 4.90 Å². The van der Waals surface area contributed by atoms with Crippen LogP contribution in [0.2, 0.25) is 0 Å². The highest BCUT2D eigenvalue weighted by Gasteiger charge is 2.47. The molecule has 2 aliphatic rings. The number of nitrogens with zero attached hydrogens (tertiary/aromatic N) is 2. The Bertz CT molecular complexity index is 625. The van der Waals surface area contributed by atoms with Crippen molar-refractivity contribution < 1.29 is 19.4 Å². The third-order valence-electron chi connectivity index (χ3n) is 4.45. The van der Waals surface area contributed by atoms with Gasteiger partial charge in [0, 0.05) is 6.07 Å². The fraction of sp³-hybridized carbons (Fsp3) is 0.467. The van der Waals surface area contributed by atoms with Gasteiger partial charge in [-0.05, 0) is 25.3 Å². The van der Waals surface area contributed by atoms with Crippen molar-refractivity contribution in [2.75, 3.05) is 18.0 Å². The number of nitro benzene ring substituents is 1. The zero-order chi connectivity index (χ0) is 15.7. The van der Waals surface area contributed by atoms with Crippen LogP contribution in [-0.4, -0.2) is 35.9 Å². The first-order chi connectivity index (χ1) is 10.6. The van der Waals surface area contributed by atoms with Gasteiger partial charge in [-0.15, -0.1) is 0 Å². The second-order valence-electron chi connectivity index (χ2n) is 5.79. The Balaban J connectivity index is 1.90. The number of likely N-dealkylation sites (tertiary alicyclic amines) is 1. The van der Waals surface area contributed by atoms with Crippen LogP contribution in [0.15, 0.2) is 24.3 Å². The maximum absolute atomic E-state index is 12.7. The number of quaternary nitrogens is 1. The number of para-hydroxylation sites is 2. The van der Waals surface area contributed by atoms with Gasteiger partial charge < -0.3 is 4.90 Å². The van der Waals surface area contributed by atoms with Crippen molar-refractivity contribution in [3.8, 4) is 0 Å². The molecule has 3 rings (SSSR count). The molecule has 1 aromatic rings. The van der Waals surface area contributed by atoms with Crippen LogP contribution in [0, 0.1) is 10.1 Å². The highest BCUT2D eigenvalue weighted by molar-refractivity contribution is 6.22. The molecular formula is C15H18N3O4+. The van der Waals surface area contributed by atoms with E-state index in [2.05, 4.69) is 0 Å². The average molecular weight is 304 g/mol. The van der Waals surface area contributed by atoms with Gasteiger partial charge in [0.1, 0.15) is 5.69 Å². The number of carbonyl (C=O) groups excluding carboxylic acids is 2. The molecule has 22 heavy (non-hydrogen) atoms. The number of piperidine rings is 1. The fourth-order valence-corrected chi connectivity index (χ4v) is 3.37. The number of hydrogen-bond donors (Lipinski definition) is 1. The van der Waals surface area contributed by atoms with Crippen LogP contribution >= 0.6 is 0 Å². The summed E-state index contributed by atoms with van der Waals surface area (Å²) in [7, 11) is 0. The maximum atomic E-state index is 12.7. The summed E-state index contributed by atoms with van der Waals surface area (Å²) in [6.07, 6.45) is 3.41. The molecule has 2 aliphatic heterocycles. The molecule has 0 aliphatic carbocycles. The Labute approximate surface area is 127 Å². The molecule has 0 aromatic heterocycles. The van der Waals surface area contributed by atoms with Crippen molar-refractivity contribution in [1.82, 2.24) is 0 Å². The fourth-order valence-electron chi connectivity index (χ4n) is 3.37. The molecule has 0 bridgehead atoms. The van der Waals surface area contributed by atoms with Gasteiger partial charge in [0.05, 0.1) is 24.4 Å². The summed E-state index contributed by atoms with van der Waals surface area (Å²) >= 11 is 0. The molecule has 0 unspecified atom stereocenters. The molecule has 7 heteroatoms. The number of hydrogen-bond acceptors (Lipinski definition) is 4. The maximum Gasteiger partial charge on any atom is 0.293 e. The first-order valence-corrected chi connectivity index (χ1v) is 7.54. The Hall–Kier alpha value is -2.28. The molecule has 2 heterocycles. The van der Waals surface area contributed by atoms with Crippen LogP contribution in [0.4, 0.5) is 11.4 Å². The van der Waals surface area contributed by atoms with E-state index in [0.29, 0.717) is 0 Å². The lowest BCUT2D eigenvalue weighted by molar-refractivity contribution is -0.919. The monoisotopic (exact) mass is 304 g/mol. The smallest absolute Gasteiger partial charge is 0.293 e. The lowest BCUT2D eigenvalue weighted by Crippen LogP contribution is -3.17. The number of amides is 2. The summed E-state index contributed by atoms with van der Waals surface area (Å²) in [5, 5.41) is 11.1. The Morgan fingerprint density at radius 2 is 1.82 bits per heavy atom. The Morgan fingerprint density at radius 3 is 2.50 bits per heavy atom. The minimum Gasteiger partial charge on any atom is -0.324 e. The summed E-state index contributed by atoms with van der Waals surface area (Å²) in [5.74, 6) is -0.654. The van der Waals surface area contributed by atoms with Crippen LogP contribution in [-0.2, 0) is 9.59 Å². The van der Waals surface area contributed by atoms with Crippen molar-refractivity contribution in [2.45, 2.75) is 31.7 Å².